The lowest BCUT2D eigenvalue weighted by Gasteiger charge is -2.51. The molecule has 1 spiro atoms. The molecule has 0 bridgehead atoms. The summed E-state index contributed by atoms with van der Waals surface area (Å²) in [6.07, 6.45) is 2.55. The molecule has 33 heavy (non-hydrogen) atoms. The standard InChI is InChI=1S/C26H33N3O4/c1-17(2)28-13-11-26(12-14-28)29-22(20-7-6-8-23(31-4)25(20)33-26)16-21(27-29)19-10-9-18(30-3)15-24(19)32-5/h6-10,15,17,22H,11-14,16H2,1-5H3. The number of benzene rings is 2. The van der Waals surface area contributed by atoms with Gasteiger partial charge in [0.15, 0.2) is 11.5 Å². The fourth-order valence-electron chi connectivity index (χ4n) is 5.35. The van der Waals surface area contributed by atoms with Crippen molar-refractivity contribution < 1.29 is 18.9 Å². The summed E-state index contributed by atoms with van der Waals surface area (Å²) in [6.45, 7) is 6.45. The van der Waals surface area contributed by atoms with Crippen LogP contribution in [0, 0.1) is 0 Å². The van der Waals surface area contributed by atoms with Gasteiger partial charge in [0.05, 0.1) is 33.1 Å². The summed E-state index contributed by atoms with van der Waals surface area (Å²) in [5, 5.41) is 7.42. The smallest absolute Gasteiger partial charge is 0.200 e. The van der Waals surface area contributed by atoms with Gasteiger partial charge >= 0.3 is 0 Å². The van der Waals surface area contributed by atoms with Gasteiger partial charge in [0.25, 0.3) is 0 Å². The van der Waals surface area contributed by atoms with Crippen molar-refractivity contribution in [2.45, 2.75) is 50.9 Å². The molecule has 7 heteroatoms. The molecule has 1 atom stereocenters. The Kier molecular flexibility index (Phi) is 5.60. The molecule has 5 rings (SSSR count). The van der Waals surface area contributed by atoms with Crippen molar-refractivity contribution in [3.63, 3.8) is 0 Å². The Bertz CT molecular complexity index is 1060. The lowest BCUT2D eigenvalue weighted by molar-refractivity contribution is -0.153. The molecule has 1 saturated heterocycles. The van der Waals surface area contributed by atoms with E-state index in [1.807, 2.05) is 30.3 Å². The van der Waals surface area contributed by atoms with Gasteiger partial charge in [-0.1, -0.05) is 12.1 Å². The Morgan fingerprint density at radius 3 is 2.42 bits per heavy atom. The van der Waals surface area contributed by atoms with Gasteiger partial charge < -0.3 is 23.8 Å². The van der Waals surface area contributed by atoms with E-state index in [9.17, 15) is 0 Å². The fraction of sp³-hybridized carbons (Fsp3) is 0.500. The Hall–Kier alpha value is -2.93. The largest absolute Gasteiger partial charge is 0.497 e. The second-order valence-electron chi connectivity index (χ2n) is 9.23. The van der Waals surface area contributed by atoms with E-state index in [1.54, 1.807) is 21.3 Å². The van der Waals surface area contributed by atoms with Crippen LogP contribution in [0.15, 0.2) is 41.5 Å². The summed E-state index contributed by atoms with van der Waals surface area (Å²) < 4.78 is 23.6. The van der Waals surface area contributed by atoms with Crippen molar-refractivity contribution in [3.8, 4) is 23.0 Å². The predicted molar refractivity (Wildman–Crippen MR) is 128 cm³/mol. The summed E-state index contributed by atoms with van der Waals surface area (Å²) in [5.41, 5.74) is 2.63. The van der Waals surface area contributed by atoms with Crippen LogP contribution in [-0.2, 0) is 0 Å². The zero-order valence-corrected chi connectivity index (χ0v) is 20.1. The second-order valence-corrected chi connectivity index (χ2v) is 9.23. The Balaban J connectivity index is 1.57. The summed E-state index contributed by atoms with van der Waals surface area (Å²) in [7, 11) is 5.06. The monoisotopic (exact) mass is 451 g/mol. The van der Waals surface area contributed by atoms with Crippen LogP contribution in [0.2, 0.25) is 0 Å². The van der Waals surface area contributed by atoms with Gasteiger partial charge in [0.2, 0.25) is 5.72 Å². The maximum atomic E-state index is 6.82. The molecular weight excluding hydrogens is 418 g/mol. The van der Waals surface area contributed by atoms with E-state index in [1.165, 1.54) is 0 Å². The number of hydrogen-bond acceptors (Lipinski definition) is 7. The van der Waals surface area contributed by atoms with Gasteiger partial charge in [-0.15, -0.1) is 0 Å². The molecular formula is C26H33N3O4. The van der Waals surface area contributed by atoms with Crippen LogP contribution in [-0.4, -0.2) is 61.8 Å². The van der Waals surface area contributed by atoms with Gasteiger partial charge in [-0.25, -0.2) is 5.01 Å². The van der Waals surface area contributed by atoms with Crippen LogP contribution in [0.1, 0.15) is 50.3 Å². The van der Waals surface area contributed by atoms with E-state index in [2.05, 4.69) is 29.8 Å². The first-order chi connectivity index (χ1) is 16.0. The SMILES string of the molecule is COc1ccc(C2=NN3C(C2)c2cccc(OC)c2OC32CCN(C(C)C)CC2)c(OC)c1. The average molecular weight is 452 g/mol. The molecule has 0 N–H and O–H groups in total. The number of methoxy groups -OCH3 is 3. The quantitative estimate of drug-likeness (QED) is 0.669. The third-order valence-corrected chi connectivity index (χ3v) is 7.24. The minimum atomic E-state index is -0.487. The Morgan fingerprint density at radius 1 is 1.00 bits per heavy atom. The molecule has 3 aliphatic heterocycles. The molecule has 2 aromatic carbocycles. The zero-order valence-electron chi connectivity index (χ0n) is 20.1. The maximum Gasteiger partial charge on any atom is 0.200 e. The lowest BCUT2D eigenvalue weighted by atomic mass is 9.90. The fourth-order valence-corrected chi connectivity index (χ4v) is 5.35. The minimum Gasteiger partial charge on any atom is -0.497 e. The van der Waals surface area contributed by atoms with Crippen molar-refractivity contribution >= 4 is 5.71 Å². The van der Waals surface area contributed by atoms with Gasteiger partial charge in [-0.3, -0.25) is 0 Å². The molecule has 0 saturated carbocycles. The molecule has 1 unspecified atom stereocenters. The zero-order chi connectivity index (χ0) is 23.2. The van der Waals surface area contributed by atoms with Crippen molar-refractivity contribution in [3.05, 3.63) is 47.5 Å². The van der Waals surface area contributed by atoms with Crippen LogP contribution in [0.3, 0.4) is 0 Å². The van der Waals surface area contributed by atoms with Crippen molar-refractivity contribution in [2.75, 3.05) is 34.4 Å². The number of hydrogen-bond donors (Lipinski definition) is 0. The third-order valence-electron chi connectivity index (χ3n) is 7.24. The molecule has 0 amide bonds. The molecule has 0 aliphatic carbocycles. The summed E-state index contributed by atoms with van der Waals surface area (Å²) in [4.78, 5) is 2.51. The topological polar surface area (TPSA) is 55.8 Å². The number of likely N-dealkylation sites (tertiary alicyclic amines) is 1. The minimum absolute atomic E-state index is 0.0938. The Labute approximate surface area is 195 Å². The highest BCUT2D eigenvalue weighted by atomic mass is 16.5. The molecule has 176 valence electrons. The first-order valence-electron chi connectivity index (χ1n) is 11.7. The van der Waals surface area contributed by atoms with Gasteiger partial charge in [0.1, 0.15) is 11.5 Å². The highest BCUT2D eigenvalue weighted by Gasteiger charge is 2.52. The number of hydrazone groups is 1. The molecule has 1 fully saturated rings. The average Bonchev–Trinajstić information content (AvgIpc) is 3.30. The molecule has 0 aromatic heterocycles. The number of ether oxygens (including phenoxy) is 4. The second kappa shape index (κ2) is 8.45. The van der Waals surface area contributed by atoms with Crippen molar-refractivity contribution in [1.82, 2.24) is 9.91 Å². The first kappa shape index (κ1) is 21.9. The van der Waals surface area contributed by atoms with Crippen molar-refractivity contribution in [2.24, 2.45) is 5.10 Å². The Morgan fingerprint density at radius 2 is 1.76 bits per heavy atom. The molecule has 3 heterocycles. The summed E-state index contributed by atoms with van der Waals surface area (Å²) in [5.74, 6) is 3.18. The van der Waals surface area contributed by atoms with E-state index < -0.39 is 5.72 Å². The number of piperidine rings is 1. The maximum absolute atomic E-state index is 6.82. The molecule has 3 aliphatic rings. The number of fused-ring (bicyclic) bond motifs is 4. The third kappa shape index (κ3) is 3.59. The molecule has 7 nitrogen and oxygen atoms in total. The number of nitrogens with zero attached hydrogens (tertiary/aromatic N) is 3. The van der Waals surface area contributed by atoms with Crippen LogP contribution < -0.4 is 18.9 Å². The highest BCUT2D eigenvalue weighted by Crippen LogP contribution is 2.53. The van der Waals surface area contributed by atoms with Crippen LogP contribution in [0.4, 0.5) is 0 Å². The van der Waals surface area contributed by atoms with Gasteiger partial charge in [-0.2, -0.15) is 5.10 Å². The number of para-hydroxylation sites is 1. The summed E-state index contributed by atoms with van der Waals surface area (Å²) in [6, 6.07) is 12.7. The van der Waals surface area contributed by atoms with Gasteiger partial charge in [-0.05, 0) is 32.0 Å². The number of rotatable bonds is 5. The van der Waals surface area contributed by atoms with E-state index in [0.29, 0.717) is 6.04 Å². The predicted octanol–water partition coefficient (Wildman–Crippen LogP) is 4.46. The van der Waals surface area contributed by atoms with Crippen molar-refractivity contribution in [1.29, 1.82) is 0 Å². The summed E-state index contributed by atoms with van der Waals surface area (Å²) >= 11 is 0. The molecule has 0 radical (unpaired) electrons. The van der Waals surface area contributed by atoms with E-state index in [0.717, 1.165) is 72.2 Å². The van der Waals surface area contributed by atoms with E-state index >= 15 is 0 Å². The van der Waals surface area contributed by atoms with Crippen LogP contribution in [0.25, 0.3) is 0 Å². The first-order valence-corrected chi connectivity index (χ1v) is 11.7. The lowest BCUT2D eigenvalue weighted by Crippen LogP contribution is -2.59. The molecule has 2 aromatic rings. The van der Waals surface area contributed by atoms with E-state index in [-0.39, 0.29) is 6.04 Å². The van der Waals surface area contributed by atoms with Crippen LogP contribution in [0.5, 0.6) is 23.0 Å². The van der Waals surface area contributed by atoms with Gasteiger partial charge in [0, 0.05) is 55.6 Å². The van der Waals surface area contributed by atoms with Crippen LogP contribution >= 0.6 is 0 Å². The van der Waals surface area contributed by atoms with E-state index in [4.69, 9.17) is 24.0 Å². The highest BCUT2D eigenvalue weighted by molar-refractivity contribution is 6.04. The normalized spacial score (nSPS) is 21.3.